The molecule has 1 saturated heterocycles. The Morgan fingerprint density at radius 3 is 2.75 bits per heavy atom. The van der Waals surface area contributed by atoms with E-state index in [1.54, 1.807) is 11.3 Å². The first-order valence-corrected chi connectivity index (χ1v) is 10.2. The topological polar surface area (TPSA) is 87.6 Å². The van der Waals surface area contributed by atoms with E-state index in [4.69, 9.17) is 19.8 Å². The Balaban J connectivity index is 1.69. The third-order valence-electron chi connectivity index (χ3n) is 4.66. The lowest BCUT2D eigenvalue weighted by Crippen LogP contribution is -2.36. The van der Waals surface area contributed by atoms with E-state index in [0.717, 1.165) is 53.5 Å². The average Bonchev–Trinajstić information content (AvgIpc) is 3.13. The normalized spacial score (nSPS) is 15.0. The number of aromatic nitrogens is 2. The molecule has 4 rings (SSSR count). The highest BCUT2D eigenvalue weighted by atomic mass is 32.1. The number of carbonyl (C=O) groups is 1. The Morgan fingerprint density at radius 2 is 2.00 bits per heavy atom. The molecule has 2 N–H and O–H groups in total. The summed E-state index contributed by atoms with van der Waals surface area (Å²) in [5, 5.41) is 15.2. The molecule has 3 aromatic rings. The Hall–Kier alpha value is -2.55. The highest BCUT2D eigenvalue weighted by Crippen LogP contribution is 2.37. The number of carboxylic acids is 1. The molecule has 2 aromatic heterocycles. The number of morpholine rings is 1. The smallest absolute Gasteiger partial charge is 0.305 e. The van der Waals surface area contributed by atoms with Crippen LogP contribution in [0.3, 0.4) is 0 Å². The number of aliphatic carboxylic acids is 1. The van der Waals surface area contributed by atoms with Crippen molar-refractivity contribution in [2.24, 2.45) is 0 Å². The summed E-state index contributed by atoms with van der Waals surface area (Å²) in [5.74, 6) is 0.614. The van der Waals surface area contributed by atoms with Gasteiger partial charge < -0.3 is 15.2 Å². The number of anilines is 1. The molecule has 0 radical (unpaired) electrons. The molecule has 8 heteroatoms. The van der Waals surface area contributed by atoms with Gasteiger partial charge in [-0.15, -0.1) is 11.3 Å². The highest BCUT2D eigenvalue weighted by molar-refractivity contribution is 7.17. The first-order valence-electron chi connectivity index (χ1n) is 9.30. The predicted molar refractivity (Wildman–Crippen MR) is 110 cm³/mol. The minimum atomic E-state index is -0.833. The molecule has 0 saturated carbocycles. The van der Waals surface area contributed by atoms with E-state index >= 15 is 0 Å². The summed E-state index contributed by atoms with van der Waals surface area (Å²) in [5.41, 5.74) is 2.16. The van der Waals surface area contributed by atoms with Gasteiger partial charge in [0.1, 0.15) is 16.5 Å². The number of benzene rings is 1. The van der Waals surface area contributed by atoms with Gasteiger partial charge in [0.15, 0.2) is 0 Å². The van der Waals surface area contributed by atoms with Crippen molar-refractivity contribution in [2.45, 2.75) is 13.0 Å². The second kappa shape index (κ2) is 8.64. The number of nitrogens with one attached hydrogen (secondary N) is 1. The van der Waals surface area contributed by atoms with Crippen LogP contribution in [0.15, 0.2) is 35.7 Å². The van der Waals surface area contributed by atoms with E-state index in [9.17, 15) is 4.79 Å². The minimum absolute atomic E-state index is 0.0368. The predicted octanol–water partition coefficient (Wildman–Crippen LogP) is 3.08. The molecule has 1 aliphatic rings. The van der Waals surface area contributed by atoms with Gasteiger partial charge in [0.25, 0.3) is 0 Å². The SMILES string of the molecule is O=C(O)CCNc1nc(CN2CCOCC2)nc2scc(-c3ccccc3)c12. The molecule has 0 unspecified atom stereocenters. The van der Waals surface area contributed by atoms with E-state index in [1.165, 1.54) is 0 Å². The van der Waals surface area contributed by atoms with E-state index in [-0.39, 0.29) is 6.42 Å². The molecular weight excluding hydrogens is 376 g/mol. The monoisotopic (exact) mass is 398 g/mol. The standard InChI is InChI=1S/C20H22N4O3S/c25-17(26)6-7-21-19-18-15(14-4-2-1-3-5-14)13-28-20(18)23-16(22-19)12-24-8-10-27-11-9-24/h1-5,13H,6-12H2,(H,25,26)(H,21,22,23). The van der Waals surface area contributed by atoms with Gasteiger partial charge >= 0.3 is 5.97 Å². The fourth-order valence-electron chi connectivity index (χ4n) is 3.26. The lowest BCUT2D eigenvalue weighted by atomic mass is 10.1. The fourth-order valence-corrected chi connectivity index (χ4v) is 4.23. The molecule has 146 valence electrons. The average molecular weight is 398 g/mol. The van der Waals surface area contributed by atoms with Gasteiger partial charge in [0, 0.05) is 30.6 Å². The van der Waals surface area contributed by atoms with Crippen LogP contribution >= 0.6 is 11.3 Å². The summed E-state index contributed by atoms with van der Waals surface area (Å²) in [6.07, 6.45) is 0.0368. The number of rotatable bonds is 7. The van der Waals surface area contributed by atoms with Crippen molar-refractivity contribution in [1.82, 2.24) is 14.9 Å². The zero-order chi connectivity index (χ0) is 19.3. The third kappa shape index (κ3) is 4.30. The summed E-state index contributed by atoms with van der Waals surface area (Å²) in [7, 11) is 0. The van der Waals surface area contributed by atoms with Crippen LogP contribution in [0.2, 0.25) is 0 Å². The van der Waals surface area contributed by atoms with Gasteiger partial charge in [-0.2, -0.15) is 0 Å². The Bertz CT molecular complexity index is 955. The second-order valence-electron chi connectivity index (χ2n) is 6.64. The molecule has 0 atom stereocenters. The van der Waals surface area contributed by atoms with E-state index in [2.05, 4.69) is 27.7 Å². The maximum absolute atomic E-state index is 10.9. The number of fused-ring (bicyclic) bond motifs is 1. The Kier molecular flexibility index (Phi) is 5.80. The summed E-state index contributed by atoms with van der Waals surface area (Å²) < 4.78 is 5.41. The lowest BCUT2D eigenvalue weighted by Gasteiger charge is -2.25. The van der Waals surface area contributed by atoms with Crippen molar-refractivity contribution in [2.75, 3.05) is 38.2 Å². The third-order valence-corrected chi connectivity index (χ3v) is 5.54. The van der Waals surface area contributed by atoms with Gasteiger partial charge in [-0.1, -0.05) is 30.3 Å². The number of carboxylic acid groups (broad SMARTS) is 1. The van der Waals surface area contributed by atoms with Gasteiger partial charge in [-0.3, -0.25) is 9.69 Å². The van der Waals surface area contributed by atoms with Crippen molar-refractivity contribution in [3.63, 3.8) is 0 Å². The molecule has 1 fully saturated rings. The quantitative estimate of drug-likeness (QED) is 0.632. The first-order chi connectivity index (χ1) is 13.7. The minimum Gasteiger partial charge on any atom is -0.481 e. The summed E-state index contributed by atoms with van der Waals surface area (Å²) in [4.78, 5) is 23.7. The van der Waals surface area contributed by atoms with Crippen LogP contribution in [0.25, 0.3) is 21.3 Å². The number of hydrogen-bond donors (Lipinski definition) is 2. The van der Waals surface area contributed by atoms with Crippen molar-refractivity contribution in [3.8, 4) is 11.1 Å². The molecule has 0 aliphatic carbocycles. The van der Waals surface area contributed by atoms with Crippen molar-refractivity contribution >= 4 is 33.3 Å². The molecule has 0 amide bonds. The second-order valence-corrected chi connectivity index (χ2v) is 7.50. The van der Waals surface area contributed by atoms with E-state index in [0.29, 0.717) is 18.9 Å². The summed E-state index contributed by atoms with van der Waals surface area (Å²) >= 11 is 1.59. The van der Waals surface area contributed by atoms with Crippen LogP contribution in [-0.4, -0.2) is 58.8 Å². The molecule has 1 aliphatic heterocycles. The van der Waals surface area contributed by atoms with Crippen molar-refractivity contribution in [1.29, 1.82) is 0 Å². The van der Waals surface area contributed by atoms with Gasteiger partial charge in [-0.25, -0.2) is 9.97 Å². The van der Waals surface area contributed by atoms with Crippen LogP contribution in [-0.2, 0) is 16.1 Å². The molecule has 1 aromatic carbocycles. The van der Waals surface area contributed by atoms with Gasteiger partial charge in [0.2, 0.25) is 0 Å². The Morgan fingerprint density at radius 1 is 1.21 bits per heavy atom. The Labute approximate surface area is 167 Å². The van der Waals surface area contributed by atoms with E-state index in [1.807, 2.05) is 18.2 Å². The number of thiophene rings is 1. The number of ether oxygens (including phenoxy) is 1. The maximum Gasteiger partial charge on any atom is 0.305 e. The summed E-state index contributed by atoms with van der Waals surface area (Å²) in [6, 6.07) is 10.1. The zero-order valence-corrected chi connectivity index (χ0v) is 16.2. The van der Waals surface area contributed by atoms with Crippen LogP contribution in [0.1, 0.15) is 12.2 Å². The number of hydrogen-bond acceptors (Lipinski definition) is 7. The summed E-state index contributed by atoms with van der Waals surface area (Å²) in [6.45, 7) is 4.16. The number of nitrogens with zero attached hydrogens (tertiary/aromatic N) is 3. The first kappa shape index (κ1) is 18.8. The van der Waals surface area contributed by atoms with Crippen LogP contribution in [0.5, 0.6) is 0 Å². The van der Waals surface area contributed by atoms with Crippen molar-refractivity contribution < 1.29 is 14.6 Å². The molecule has 7 nitrogen and oxygen atoms in total. The molecule has 0 bridgehead atoms. The molecular formula is C20H22N4O3S. The lowest BCUT2D eigenvalue weighted by molar-refractivity contribution is -0.136. The fraction of sp³-hybridized carbons (Fsp3) is 0.350. The van der Waals surface area contributed by atoms with Crippen LogP contribution in [0.4, 0.5) is 5.82 Å². The van der Waals surface area contributed by atoms with Crippen LogP contribution < -0.4 is 5.32 Å². The van der Waals surface area contributed by atoms with Gasteiger partial charge in [0.05, 0.1) is 31.6 Å². The van der Waals surface area contributed by atoms with Gasteiger partial charge in [-0.05, 0) is 5.56 Å². The maximum atomic E-state index is 10.9. The molecule has 3 heterocycles. The molecule has 28 heavy (non-hydrogen) atoms. The van der Waals surface area contributed by atoms with E-state index < -0.39 is 5.97 Å². The zero-order valence-electron chi connectivity index (χ0n) is 15.4. The van der Waals surface area contributed by atoms with Crippen LogP contribution in [0, 0.1) is 0 Å². The molecule has 0 spiro atoms. The van der Waals surface area contributed by atoms with Crippen molar-refractivity contribution in [3.05, 3.63) is 41.5 Å². The highest BCUT2D eigenvalue weighted by Gasteiger charge is 2.18. The largest absolute Gasteiger partial charge is 0.481 e.